The van der Waals surface area contributed by atoms with Crippen molar-refractivity contribution >= 4 is 27.7 Å². The number of rotatable bonds is 5. The summed E-state index contributed by atoms with van der Waals surface area (Å²) in [5.41, 5.74) is 0.857. The molecule has 2 aromatic rings. The molecule has 1 aliphatic heterocycles. The molecule has 3 rings (SSSR count). The molecule has 0 spiro atoms. The molecule has 0 bridgehead atoms. The Morgan fingerprint density at radius 1 is 1.10 bits per heavy atom. The number of hydrogen-bond acceptors (Lipinski definition) is 4. The second kappa shape index (κ2) is 9.32. The predicted octanol–water partition coefficient (Wildman–Crippen LogP) is 3.74. The van der Waals surface area contributed by atoms with Crippen LogP contribution in [-0.4, -0.2) is 61.3 Å². The number of benzene rings is 2. The number of sulfonamides is 1. The van der Waals surface area contributed by atoms with Crippen molar-refractivity contribution < 1.29 is 17.6 Å². The molecule has 1 fully saturated rings. The monoisotopic (exact) mass is 453 g/mol. The molecule has 0 radical (unpaired) electrons. The fraction of sp³-hybridized carbons (Fsp3) is 0.381. The van der Waals surface area contributed by atoms with Crippen molar-refractivity contribution in [3.63, 3.8) is 0 Å². The van der Waals surface area contributed by atoms with E-state index >= 15 is 0 Å². The fourth-order valence-corrected chi connectivity index (χ4v) is 4.91. The van der Waals surface area contributed by atoms with E-state index in [9.17, 15) is 17.6 Å². The average Bonchev–Trinajstić information content (AvgIpc) is 2.73. The lowest BCUT2D eigenvalue weighted by atomic mass is 10.2. The lowest BCUT2D eigenvalue weighted by Gasteiger charge is -2.36. The van der Waals surface area contributed by atoms with E-state index in [0.717, 1.165) is 16.4 Å². The zero-order chi connectivity index (χ0) is 21.9. The molecule has 6 nitrogen and oxygen atoms in total. The Morgan fingerprint density at radius 3 is 2.30 bits per heavy atom. The van der Waals surface area contributed by atoms with Crippen LogP contribution in [0.1, 0.15) is 18.1 Å². The number of carbonyl (C=O) groups is 1. The van der Waals surface area contributed by atoms with E-state index in [1.807, 2.05) is 13.8 Å². The second-order valence-electron chi connectivity index (χ2n) is 7.23. The summed E-state index contributed by atoms with van der Waals surface area (Å²) in [6.07, 6.45) is 0. The number of halogens is 2. The highest BCUT2D eigenvalue weighted by Crippen LogP contribution is 2.26. The van der Waals surface area contributed by atoms with E-state index in [-0.39, 0.29) is 15.5 Å². The van der Waals surface area contributed by atoms with Gasteiger partial charge in [-0.05, 0) is 37.7 Å². The number of urea groups is 1. The third kappa shape index (κ3) is 4.77. The quantitative estimate of drug-likeness (QED) is 0.692. The molecule has 9 heteroatoms. The standard InChI is InChI=1S/C21H25ClFN3O3S/c1-3-24-11-13-25(14-12-24)21(27)26(15-18-19(22)5-4-6-20(18)23)30(28,29)17-9-7-16(2)8-10-17/h4-10H,3,11-15H2,1-2H3. The summed E-state index contributed by atoms with van der Waals surface area (Å²) in [7, 11) is -4.21. The number of piperazine rings is 1. The first-order valence-corrected chi connectivity index (χ1v) is 11.6. The summed E-state index contributed by atoms with van der Waals surface area (Å²) in [6, 6.07) is 9.64. The minimum atomic E-state index is -4.21. The van der Waals surface area contributed by atoms with E-state index in [1.54, 1.807) is 12.1 Å². The second-order valence-corrected chi connectivity index (χ2v) is 9.50. The SMILES string of the molecule is CCN1CCN(C(=O)N(Cc2c(F)cccc2Cl)S(=O)(=O)c2ccc(C)cc2)CC1. The normalized spacial score (nSPS) is 15.3. The molecule has 1 heterocycles. The highest BCUT2D eigenvalue weighted by Gasteiger charge is 2.35. The van der Waals surface area contributed by atoms with Crippen molar-refractivity contribution in [1.29, 1.82) is 0 Å². The van der Waals surface area contributed by atoms with Gasteiger partial charge in [0.15, 0.2) is 0 Å². The first kappa shape index (κ1) is 22.5. The summed E-state index contributed by atoms with van der Waals surface area (Å²) in [5.74, 6) is -0.657. The molecule has 162 valence electrons. The van der Waals surface area contributed by atoms with Gasteiger partial charge in [-0.1, -0.05) is 42.3 Å². The van der Waals surface area contributed by atoms with Crippen molar-refractivity contribution in [1.82, 2.24) is 14.1 Å². The number of carbonyl (C=O) groups excluding carboxylic acids is 1. The van der Waals surface area contributed by atoms with Crippen LogP contribution in [-0.2, 0) is 16.6 Å². The third-order valence-corrected chi connectivity index (χ3v) is 7.36. The maximum absolute atomic E-state index is 14.4. The lowest BCUT2D eigenvalue weighted by Crippen LogP contribution is -2.53. The van der Waals surface area contributed by atoms with E-state index in [1.165, 1.54) is 35.2 Å². The Bertz CT molecular complexity index is 986. The largest absolute Gasteiger partial charge is 0.334 e. The Kier molecular flexibility index (Phi) is 7.00. The first-order chi connectivity index (χ1) is 14.2. The minimum absolute atomic E-state index is 0.0268. The van der Waals surface area contributed by atoms with Crippen LogP contribution in [0.3, 0.4) is 0 Å². The maximum atomic E-state index is 14.4. The van der Waals surface area contributed by atoms with Crippen LogP contribution in [0.5, 0.6) is 0 Å². The van der Waals surface area contributed by atoms with Crippen LogP contribution in [0.2, 0.25) is 5.02 Å². The highest BCUT2D eigenvalue weighted by atomic mass is 35.5. The first-order valence-electron chi connectivity index (χ1n) is 9.77. The molecule has 1 saturated heterocycles. The van der Waals surface area contributed by atoms with Gasteiger partial charge in [0, 0.05) is 36.8 Å². The molecular weight excluding hydrogens is 429 g/mol. The number of amides is 2. The number of likely N-dealkylation sites (N-methyl/N-ethyl adjacent to an activating group) is 1. The Morgan fingerprint density at radius 2 is 1.73 bits per heavy atom. The van der Waals surface area contributed by atoms with Crippen LogP contribution < -0.4 is 0 Å². The Balaban J connectivity index is 1.98. The van der Waals surface area contributed by atoms with Gasteiger partial charge < -0.3 is 9.80 Å². The lowest BCUT2D eigenvalue weighted by molar-refractivity contribution is 0.129. The summed E-state index contributed by atoms with van der Waals surface area (Å²) in [4.78, 5) is 16.9. The topological polar surface area (TPSA) is 60.9 Å². The van der Waals surface area contributed by atoms with Crippen LogP contribution in [0.4, 0.5) is 9.18 Å². The molecule has 2 aromatic carbocycles. The van der Waals surface area contributed by atoms with Crippen LogP contribution in [0.25, 0.3) is 0 Å². The molecular formula is C21H25ClFN3O3S. The van der Waals surface area contributed by atoms with Crippen LogP contribution in [0.15, 0.2) is 47.4 Å². The summed E-state index contributed by atoms with van der Waals surface area (Å²) < 4.78 is 41.9. The number of nitrogens with zero attached hydrogens (tertiary/aromatic N) is 3. The van der Waals surface area contributed by atoms with Crippen molar-refractivity contribution in [2.45, 2.75) is 25.3 Å². The molecule has 0 atom stereocenters. The molecule has 1 aliphatic rings. The van der Waals surface area contributed by atoms with Gasteiger partial charge in [0.05, 0.1) is 11.4 Å². The molecule has 0 unspecified atom stereocenters. The number of hydrogen-bond donors (Lipinski definition) is 0. The highest BCUT2D eigenvalue weighted by molar-refractivity contribution is 7.89. The van der Waals surface area contributed by atoms with E-state index in [2.05, 4.69) is 4.90 Å². The van der Waals surface area contributed by atoms with Gasteiger partial charge in [-0.25, -0.2) is 21.9 Å². The molecule has 2 amide bonds. The molecule has 0 aliphatic carbocycles. The van der Waals surface area contributed by atoms with E-state index < -0.39 is 28.4 Å². The van der Waals surface area contributed by atoms with Crippen LogP contribution in [0, 0.1) is 12.7 Å². The number of aryl methyl sites for hydroxylation is 1. The molecule has 30 heavy (non-hydrogen) atoms. The average molecular weight is 454 g/mol. The molecule has 0 N–H and O–H groups in total. The van der Waals surface area contributed by atoms with Crippen molar-refractivity contribution in [2.24, 2.45) is 0 Å². The Labute approximate surface area is 181 Å². The van der Waals surface area contributed by atoms with Gasteiger partial charge in [0.1, 0.15) is 5.82 Å². The van der Waals surface area contributed by atoms with Crippen LogP contribution >= 0.6 is 11.6 Å². The molecule has 0 aromatic heterocycles. The van der Waals surface area contributed by atoms with Gasteiger partial charge in [-0.15, -0.1) is 0 Å². The van der Waals surface area contributed by atoms with Crippen molar-refractivity contribution in [3.05, 3.63) is 64.4 Å². The van der Waals surface area contributed by atoms with Crippen molar-refractivity contribution in [3.8, 4) is 0 Å². The minimum Gasteiger partial charge on any atom is -0.321 e. The van der Waals surface area contributed by atoms with Gasteiger partial charge in [0.2, 0.25) is 0 Å². The fourth-order valence-electron chi connectivity index (χ4n) is 3.33. The van der Waals surface area contributed by atoms with E-state index in [0.29, 0.717) is 26.2 Å². The summed E-state index contributed by atoms with van der Waals surface area (Å²) >= 11 is 6.13. The smallest absolute Gasteiger partial charge is 0.321 e. The van der Waals surface area contributed by atoms with Gasteiger partial charge >= 0.3 is 6.03 Å². The summed E-state index contributed by atoms with van der Waals surface area (Å²) in [5, 5.41) is 0.0720. The third-order valence-electron chi connectivity index (χ3n) is 5.28. The van der Waals surface area contributed by atoms with E-state index in [4.69, 9.17) is 11.6 Å². The molecule has 0 saturated carbocycles. The Hall–Kier alpha value is -2.16. The zero-order valence-electron chi connectivity index (χ0n) is 17.0. The van der Waals surface area contributed by atoms with Gasteiger partial charge in [0.25, 0.3) is 10.0 Å². The van der Waals surface area contributed by atoms with Gasteiger partial charge in [-0.2, -0.15) is 0 Å². The maximum Gasteiger partial charge on any atom is 0.334 e. The van der Waals surface area contributed by atoms with Crippen molar-refractivity contribution in [2.75, 3.05) is 32.7 Å². The zero-order valence-corrected chi connectivity index (χ0v) is 18.6. The van der Waals surface area contributed by atoms with Gasteiger partial charge in [-0.3, -0.25) is 0 Å². The summed E-state index contributed by atoms with van der Waals surface area (Å²) in [6.45, 7) is 6.36. The predicted molar refractivity (Wildman–Crippen MR) is 114 cm³/mol.